The Balaban J connectivity index is 2.27. The van der Waals surface area contributed by atoms with Crippen LogP contribution in [0.25, 0.3) is 5.69 Å². The molecule has 1 aromatic heterocycles. The normalized spacial score (nSPS) is 12.0. The summed E-state index contributed by atoms with van der Waals surface area (Å²) in [6, 6.07) is 4.04. The summed E-state index contributed by atoms with van der Waals surface area (Å²) in [5.41, 5.74) is 1.00. The molecule has 0 aliphatic carbocycles. The zero-order valence-electron chi connectivity index (χ0n) is 13.3. The van der Waals surface area contributed by atoms with Crippen molar-refractivity contribution in [2.45, 2.75) is 13.8 Å². The molecule has 7 nitrogen and oxygen atoms in total. The summed E-state index contributed by atoms with van der Waals surface area (Å²) in [4.78, 5) is 24.6. The summed E-state index contributed by atoms with van der Waals surface area (Å²) >= 11 is 5.76. The number of nitrogens with zero attached hydrogens (tertiary/aromatic N) is 4. The van der Waals surface area contributed by atoms with Crippen LogP contribution in [0.1, 0.15) is 23.1 Å². The van der Waals surface area contributed by atoms with Gasteiger partial charge in [0, 0.05) is 13.6 Å². The van der Waals surface area contributed by atoms with Gasteiger partial charge in [0.05, 0.1) is 22.3 Å². The lowest BCUT2D eigenvalue weighted by Crippen LogP contribution is -2.34. The minimum atomic E-state index is -0.990. The van der Waals surface area contributed by atoms with Gasteiger partial charge < -0.3 is 10.0 Å². The first-order chi connectivity index (χ1) is 11.2. The zero-order chi connectivity index (χ0) is 18.0. The van der Waals surface area contributed by atoms with Crippen molar-refractivity contribution in [1.29, 1.82) is 0 Å². The fourth-order valence-electron chi connectivity index (χ4n) is 2.14. The van der Waals surface area contributed by atoms with Gasteiger partial charge in [-0.05, 0) is 25.1 Å². The fraction of sp³-hybridized carbons (Fsp3) is 0.333. The van der Waals surface area contributed by atoms with Crippen molar-refractivity contribution in [3.8, 4) is 5.69 Å². The number of aromatic nitrogens is 3. The molecule has 0 saturated heterocycles. The van der Waals surface area contributed by atoms with E-state index in [1.54, 1.807) is 6.92 Å². The number of carboxylic acids is 1. The van der Waals surface area contributed by atoms with E-state index in [0.29, 0.717) is 11.4 Å². The highest BCUT2D eigenvalue weighted by Crippen LogP contribution is 2.20. The largest absolute Gasteiger partial charge is 0.481 e. The molecular weight excluding hydrogens is 339 g/mol. The van der Waals surface area contributed by atoms with Gasteiger partial charge in [0.15, 0.2) is 5.69 Å². The highest BCUT2D eigenvalue weighted by atomic mass is 35.5. The van der Waals surface area contributed by atoms with E-state index in [1.165, 1.54) is 41.8 Å². The minimum Gasteiger partial charge on any atom is -0.481 e. The number of hydrogen-bond donors (Lipinski definition) is 1. The topological polar surface area (TPSA) is 88.3 Å². The van der Waals surface area contributed by atoms with Crippen LogP contribution in [-0.4, -0.2) is 50.5 Å². The molecule has 1 unspecified atom stereocenters. The summed E-state index contributed by atoms with van der Waals surface area (Å²) in [6.07, 6.45) is 0. The van der Waals surface area contributed by atoms with Gasteiger partial charge in [-0.25, -0.2) is 9.07 Å². The highest BCUT2D eigenvalue weighted by Gasteiger charge is 2.23. The molecule has 1 N–H and O–H groups in total. The molecular formula is C15H16ClFN4O3. The molecule has 0 aliphatic rings. The van der Waals surface area contributed by atoms with Crippen molar-refractivity contribution in [2.75, 3.05) is 13.6 Å². The maximum atomic E-state index is 13.3. The van der Waals surface area contributed by atoms with Crippen molar-refractivity contribution in [1.82, 2.24) is 19.9 Å². The van der Waals surface area contributed by atoms with E-state index < -0.39 is 23.6 Å². The number of carbonyl (C=O) groups is 2. The van der Waals surface area contributed by atoms with Gasteiger partial charge in [-0.2, -0.15) is 0 Å². The lowest BCUT2D eigenvalue weighted by molar-refractivity contribution is -0.141. The smallest absolute Gasteiger partial charge is 0.308 e. The summed E-state index contributed by atoms with van der Waals surface area (Å²) in [5.74, 6) is -2.70. The first-order valence-corrected chi connectivity index (χ1v) is 7.46. The maximum Gasteiger partial charge on any atom is 0.308 e. The van der Waals surface area contributed by atoms with Crippen LogP contribution in [-0.2, 0) is 4.79 Å². The van der Waals surface area contributed by atoms with E-state index in [4.69, 9.17) is 16.7 Å². The molecule has 24 heavy (non-hydrogen) atoms. The van der Waals surface area contributed by atoms with E-state index in [2.05, 4.69) is 10.3 Å². The average Bonchev–Trinajstić information content (AvgIpc) is 2.90. The monoisotopic (exact) mass is 354 g/mol. The second-order valence-corrected chi connectivity index (χ2v) is 5.87. The van der Waals surface area contributed by atoms with Crippen LogP contribution in [0.4, 0.5) is 4.39 Å². The molecule has 0 bridgehead atoms. The van der Waals surface area contributed by atoms with Crippen molar-refractivity contribution in [2.24, 2.45) is 5.92 Å². The average molecular weight is 355 g/mol. The zero-order valence-corrected chi connectivity index (χ0v) is 14.1. The molecule has 128 valence electrons. The quantitative estimate of drug-likeness (QED) is 0.888. The van der Waals surface area contributed by atoms with Gasteiger partial charge in [-0.15, -0.1) is 5.10 Å². The summed E-state index contributed by atoms with van der Waals surface area (Å²) in [5, 5.41) is 16.6. The molecule has 2 rings (SSSR count). The van der Waals surface area contributed by atoms with Gasteiger partial charge in [-0.1, -0.05) is 23.7 Å². The van der Waals surface area contributed by atoms with Crippen LogP contribution in [0.5, 0.6) is 0 Å². The molecule has 1 aromatic carbocycles. The van der Waals surface area contributed by atoms with E-state index in [-0.39, 0.29) is 17.3 Å². The molecule has 0 fully saturated rings. The highest BCUT2D eigenvalue weighted by molar-refractivity contribution is 6.30. The van der Waals surface area contributed by atoms with Crippen LogP contribution in [0.3, 0.4) is 0 Å². The summed E-state index contributed by atoms with van der Waals surface area (Å²) < 4.78 is 14.6. The standard InChI is InChI=1S/C15H16ClFN4O3/c1-8(15(23)24)7-20(3)14(22)13-9(2)21(19-18-13)10-4-5-12(17)11(16)6-10/h4-6,8H,7H2,1-3H3,(H,23,24). The second kappa shape index (κ2) is 6.96. The lowest BCUT2D eigenvalue weighted by Gasteiger charge is -2.18. The number of carboxylic acid groups (broad SMARTS) is 1. The van der Waals surface area contributed by atoms with Gasteiger partial charge in [-0.3, -0.25) is 9.59 Å². The number of rotatable bonds is 5. The molecule has 2 aromatic rings. The SMILES string of the molecule is Cc1c(C(=O)N(C)CC(C)C(=O)O)nnn1-c1ccc(F)c(Cl)c1. The third-order valence-corrected chi connectivity index (χ3v) is 3.85. The molecule has 0 saturated carbocycles. The van der Waals surface area contributed by atoms with Crippen molar-refractivity contribution < 1.29 is 19.1 Å². The van der Waals surface area contributed by atoms with Crippen molar-refractivity contribution in [3.05, 3.63) is 40.4 Å². The minimum absolute atomic E-state index is 0.0445. The van der Waals surface area contributed by atoms with Crippen molar-refractivity contribution >= 4 is 23.5 Å². The first-order valence-electron chi connectivity index (χ1n) is 7.08. The van der Waals surface area contributed by atoms with Crippen molar-refractivity contribution in [3.63, 3.8) is 0 Å². The van der Waals surface area contributed by atoms with E-state index >= 15 is 0 Å². The van der Waals surface area contributed by atoms with Gasteiger partial charge >= 0.3 is 5.97 Å². The number of carbonyl (C=O) groups excluding carboxylic acids is 1. The number of hydrogen-bond acceptors (Lipinski definition) is 4. The Kier molecular flexibility index (Phi) is 5.18. The first kappa shape index (κ1) is 17.9. The Morgan fingerprint density at radius 1 is 1.46 bits per heavy atom. The second-order valence-electron chi connectivity index (χ2n) is 5.46. The molecule has 1 heterocycles. The number of benzene rings is 1. The predicted molar refractivity (Wildman–Crippen MR) is 84.8 cm³/mol. The lowest BCUT2D eigenvalue weighted by atomic mass is 10.1. The number of aliphatic carboxylic acids is 1. The Bertz CT molecular complexity index is 793. The maximum absolute atomic E-state index is 13.3. The molecule has 1 amide bonds. The van der Waals surface area contributed by atoms with Crippen LogP contribution in [0.15, 0.2) is 18.2 Å². The third-order valence-electron chi connectivity index (χ3n) is 3.56. The Morgan fingerprint density at radius 2 is 2.12 bits per heavy atom. The summed E-state index contributed by atoms with van der Waals surface area (Å²) in [6.45, 7) is 3.19. The summed E-state index contributed by atoms with van der Waals surface area (Å²) in [7, 11) is 1.50. The Morgan fingerprint density at radius 3 is 2.71 bits per heavy atom. The molecule has 1 atom stereocenters. The third kappa shape index (κ3) is 3.53. The fourth-order valence-corrected chi connectivity index (χ4v) is 2.32. The van der Waals surface area contributed by atoms with Gasteiger partial charge in [0.1, 0.15) is 5.82 Å². The van der Waals surface area contributed by atoms with E-state index in [9.17, 15) is 14.0 Å². The molecule has 0 radical (unpaired) electrons. The Labute approximate surface area is 142 Å². The number of amides is 1. The van der Waals surface area contributed by atoms with Gasteiger partial charge in [0.2, 0.25) is 0 Å². The molecule has 0 spiro atoms. The molecule has 9 heteroatoms. The molecule has 0 aliphatic heterocycles. The predicted octanol–water partition coefficient (Wildman–Crippen LogP) is 2.16. The van der Waals surface area contributed by atoms with Crippen LogP contribution in [0, 0.1) is 18.7 Å². The van der Waals surface area contributed by atoms with E-state index in [1.807, 2.05) is 0 Å². The van der Waals surface area contributed by atoms with Gasteiger partial charge in [0.25, 0.3) is 5.91 Å². The Hall–Kier alpha value is -2.48. The van der Waals surface area contributed by atoms with Crippen LogP contribution >= 0.6 is 11.6 Å². The number of halogens is 2. The van der Waals surface area contributed by atoms with Crippen LogP contribution < -0.4 is 0 Å². The van der Waals surface area contributed by atoms with Crippen LogP contribution in [0.2, 0.25) is 5.02 Å². The van der Waals surface area contributed by atoms with E-state index in [0.717, 1.165) is 0 Å².